The molecule has 1 rings (SSSR count). The van der Waals surface area contributed by atoms with Gasteiger partial charge in [0.2, 0.25) is 0 Å². The SMILES string of the molecule is C[SiH](C)C#Cc1nc(Br)cnc1N. The van der Waals surface area contributed by atoms with E-state index in [1.165, 1.54) is 0 Å². The Morgan fingerprint density at radius 1 is 1.54 bits per heavy atom. The molecule has 1 heterocycles. The van der Waals surface area contributed by atoms with Gasteiger partial charge in [-0.25, -0.2) is 9.97 Å². The quantitative estimate of drug-likeness (QED) is 0.560. The third-order valence-electron chi connectivity index (χ3n) is 1.25. The van der Waals surface area contributed by atoms with E-state index in [4.69, 9.17) is 5.73 Å². The van der Waals surface area contributed by atoms with Crippen LogP contribution < -0.4 is 5.73 Å². The van der Waals surface area contributed by atoms with Crippen molar-refractivity contribution in [2.45, 2.75) is 13.1 Å². The highest BCUT2D eigenvalue weighted by atomic mass is 79.9. The lowest BCUT2D eigenvalue weighted by Gasteiger charge is -1.96. The number of rotatable bonds is 0. The monoisotopic (exact) mass is 255 g/mol. The zero-order valence-electron chi connectivity index (χ0n) is 7.50. The fourth-order valence-corrected chi connectivity index (χ4v) is 1.39. The zero-order valence-corrected chi connectivity index (χ0v) is 10.2. The van der Waals surface area contributed by atoms with Crippen LogP contribution in [0.3, 0.4) is 0 Å². The van der Waals surface area contributed by atoms with E-state index >= 15 is 0 Å². The van der Waals surface area contributed by atoms with E-state index < -0.39 is 8.80 Å². The van der Waals surface area contributed by atoms with Crippen molar-refractivity contribution >= 4 is 30.5 Å². The number of hydrogen-bond donors (Lipinski definition) is 1. The van der Waals surface area contributed by atoms with Crippen LogP contribution in [0.4, 0.5) is 5.82 Å². The van der Waals surface area contributed by atoms with Crippen molar-refractivity contribution in [1.82, 2.24) is 9.97 Å². The minimum Gasteiger partial charge on any atom is -0.381 e. The first-order chi connectivity index (χ1) is 6.09. The van der Waals surface area contributed by atoms with Crippen molar-refractivity contribution in [2.24, 2.45) is 0 Å². The van der Waals surface area contributed by atoms with Crippen molar-refractivity contribution in [3.63, 3.8) is 0 Å². The summed E-state index contributed by atoms with van der Waals surface area (Å²) in [6.45, 7) is 4.29. The van der Waals surface area contributed by atoms with Gasteiger partial charge in [0.05, 0.1) is 6.20 Å². The second kappa shape index (κ2) is 4.39. The molecule has 68 valence electrons. The van der Waals surface area contributed by atoms with Gasteiger partial charge in [0.15, 0.2) is 11.5 Å². The standard InChI is InChI=1S/C8H10BrN3Si/c1-13(2)4-3-6-8(10)11-5-7(9)12-6/h5,13H,1-2H3,(H2,10,11). The van der Waals surface area contributed by atoms with Crippen molar-refractivity contribution in [3.8, 4) is 11.5 Å². The summed E-state index contributed by atoms with van der Waals surface area (Å²) < 4.78 is 0.663. The highest BCUT2D eigenvalue weighted by molar-refractivity contribution is 9.10. The largest absolute Gasteiger partial charge is 0.381 e. The smallest absolute Gasteiger partial charge is 0.158 e. The molecule has 1 aromatic heterocycles. The lowest BCUT2D eigenvalue weighted by atomic mass is 10.4. The molecule has 0 atom stereocenters. The molecule has 0 radical (unpaired) electrons. The van der Waals surface area contributed by atoms with Crippen LogP contribution in [0.2, 0.25) is 13.1 Å². The lowest BCUT2D eigenvalue weighted by Crippen LogP contribution is -1.99. The average molecular weight is 256 g/mol. The van der Waals surface area contributed by atoms with Gasteiger partial charge >= 0.3 is 0 Å². The second-order valence-electron chi connectivity index (χ2n) is 2.85. The van der Waals surface area contributed by atoms with Crippen LogP contribution in [0.15, 0.2) is 10.8 Å². The summed E-state index contributed by atoms with van der Waals surface area (Å²) in [5, 5.41) is 0. The molecule has 0 aromatic carbocycles. The summed E-state index contributed by atoms with van der Waals surface area (Å²) in [6, 6.07) is 0. The molecule has 0 aliphatic carbocycles. The van der Waals surface area contributed by atoms with E-state index in [2.05, 4.69) is 50.5 Å². The van der Waals surface area contributed by atoms with Crippen LogP contribution in [-0.4, -0.2) is 18.8 Å². The van der Waals surface area contributed by atoms with E-state index in [9.17, 15) is 0 Å². The Balaban J connectivity index is 3.02. The zero-order chi connectivity index (χ0) is 9.84. The van der Waals surface area contributed by atoms with Gasteiger partial charge in [-0.05, 0) is 15.9 Å². The maximum absolute atomic E-state index is 5.59. The van der Waals surface area contributed by atoms with Gasteiger partial charge in [-0.2, -0.15) is 0 Å². The van der Waals surface area contributed by atoms with E-state index in [0.717, 1.165) is 0 Å². The first kappa shape index (κ1) is 10.2. The number of nitrogen functional groups attached to an aromatic ring is 1. The topological polar surface area (TPSA) is 51.8 Å². The number of nitrogens with zero attached hydrogens (tertiary/aromatic N) is 2. The van der Waals surface area contributed by atoms with Crippen molar-refractivity contribution in [2.75, 3.05) is 5.73 Å². The van der Waals surface area contributed by atoms with E-state index in [-0.39, 0.29) is 0 Å². The molecular formula is C8H10BrN3Si. The molecule has 0 amide bonds. The first-order valence-corrected chi connectivity index (χ1v) is 7.57. The van der Waals surface area contributed by atoms with Crippen molar-refractivity contribution in [1.29, 1.82) is 0 Å². The molecule has 0 bridgehead atoms. The molecule has 2 N–H and O–H groups in total. The molecule has 3 nitrogen and oxygen atoms in total. The molecule has 0 unspecified atom stereocenters. The number of hydrogen-bond acceptors (Lipinski definition) is 3. The summed E-state index contributed by atoms with van der Waals surface area (Å²) in [7, 11) is -0.876. The number of nitrogens with two attached hydrogens (primary N) is 1. The van der Waals surface area contributed by atoms with Gasteiger partial charge in [-0.15, -0.1) is 5.54 Å². The van der Waals surface area contributed by atoms with Crippen LogP contribution in [0.5, 0.6) is 0 Å². The Bertz CT molecular complexity index is 367. The predicted molar refractivity (Wildman–Crippen MR) is 59.9 cm³/mol. The number of halogens is 1. The van der Waals surface area contributed by atoms with Crippen LogP contribution in [0, 0.1) is 11.5 Å². The van der Waals surface area contributed by atoms with Gasteiger partial charge in [0.25, 0.3) is 0 Å². The normalized spacial score (nSPS) is 9.54. The molecule has 0 spiro atoms. The number of anilines is 1. The lowest BCUT2D eigenvalue weighted by molar-refractivity contribution is 1.15. The molecule has 0 saturated heterocycles. The summed E-state index contributed by atoms with van der Waals surface area (Å²) in [4.78, 5) is 8.06. The third-order valence-corrected chi connectivity index (χ3v) is 2.35. The predicted octanol–water partition coefficient (Wildman–Crippen LogP) is 1.20. The molecule has 1 aromatic rings. The molecule has 0 saturated carbocycles. The minimum absolute atomic E-state index is 0.394. The van der Waals surface area contributed by atoms with Crippen LogP contribution in [0.1, 0.15) is 5.69 Å². The highest BCUT2D eigenvalue weighted by Gasteiger charge is 1.99. The Hall–Kier alpha value is -0.863. The van der Waals surface area contributed by atoms with E-state index in [1.54, 1.807) is 6.20 Å². The molecule has 0 fully saturated rings. The Labute approximate surface area is 87.5 Å². The van der Waals surface area contributed by atoms with Crippen molar-refractivity contribution < 1.29 is 0 Å². The van der Waals surface area contributed by atoms with Crippen LogP contribution in [0.25, 0.3) is 0 Å². The molecule has 13 heavy (non-hydrogen) atoms. The Morgan fingerprint density at radius 2 is 2.23 bits per heavy atom. The second-order valence-corrected chi connectivity index (χ2v) is 6.26. The van der Waals surface area contributed by atoms with Gasteiger partial charge < -0.3 is 5.73 Å². The molecular weight excluding hydrogens is 246 g/mol. The van der Waals surface area contributed by atoms with Crippen LogP contribution in [-0.2, 0) is 0 Å². The fourth-order valence-electron chi connectivity index (χ4n) is 0.682. The van der Waals surface area contributed by atoms with Gasteiger partial charge in [-0.1, -0.05) is 19.0 Å². The molecule has 0 aliphatic heterocycles. The Morgan fingerprint density at radius 3 is 2.85 bits per heavy atom. The fraction of sp³-hybridized carbons (Fsp3) is 0.250. The summed E-state index contributed by atoms with van der Waals surface area (Å²) in [5.74, 6) is 3.33. The molecule has 0 aliphatic rings. The van der Waals surface area contributed by atoms with Crippen molar-refractivity contribution in [3.05, 3.63) is 16.5 Å². The summed E-state index contributed by atoms with van der Waals surface area (Å²) in [5.41, 5.74) is 9.27. The maximum Gasteiger partial charge on any atom is 0.158 e. The van der Waals surface area contributed by atoms with Gasteiger partial charge in [-0.3, -0.25) is 0 Å². The average Bonchev–Trinajstić information content (AvgIpc) is 2.06. The number of aromatic nitrogens is 2. The van der Waals surface area contributed by atoms with E-state index in [1.807, 2.05) is 0 Å². The Kier molecular flexibility index (Phi) is 3.45. The molecule has 5 heteroatoms. The minimum atomic E-state index is -0.876. The van der Waals surface area contributed by atoms with E-state index in [0.29, 0.717) is 16.1 Å². The maximum atomic E-state index is 5.59. The summed E-state index contributed by atoms with van der Waals surface area (Å²) in [6.07, 6.45) is 1.56. The summed E-state index contributed by atoms with van der Waals surface area (Å²) >= 11 is 3.22. The van der Waals surface area contributed by atoms with Gasteiger partial charge in [0.1, 0.15) is 13.4 Å². The van der Waals surface area contributed by atoms with Gasteiger partial charge in [0, 0.05) is 0 Å². The third kappa shape index (κ3) is 3.17. The first-order valence-electron chi connectivity index (χ1n) is 3.89. The highest BCUT2D eigenvalue weighted by Crippen LogP contribution is 2.08. The van der Waals surface area contributed by atoms with Crippen LogP contribution >= 0.6 is 15.9 Å².